The number of hydrogen-bond donors (Lipinski definition) is 1. The smallest absolute Gasteiger partial charge is 0.181 e. The molecular formula is C17H16N2O. The highest BCUT2D eigenvalue weighted by Gasteiger charge is 2.02. The van der Waals surface area contributed by atoms with Crippen molar-refractivity contribution in [2.75, 3.05) is 11.9 Å². The molecular weight excluding hydrogens is 248 g/mol. The second-order valence-electron chi connectivity index (χ2n) is 4.61. The highest BCUT2D eigenvalue weighted by atomic mass is 16.3. The van der Waals surface area contributed by atoms with Crippen molar-refractivity contribution in [2.24, 2.45) is 0 Å². The number of anilines is 1. The first-order chi connectivity index (χ1) is 9.92. The van der Waals surface area contributed by atoms with Crippen LogP contribution in [0.5, 0.6) is 0 Å². The van der Waals surface area contributed by atoms with Gasteiger partial charge in [0.2, 0.25) is 0 Å². The van der Waals surface area contributed by atoms with E-state index in [0.717, 1.165) is 30.0 Å². The van der Waals surface area contributed by atoms with Gasteiger partial charge in [0.1, 0.15) is 0 Å². The number of nitrogens with one attached hydrogen (secondary N) is 1. The van der Waals surface area contributed by atoms with Gasteiger partial charge in [0.25, 0.3) is 0 Å². The monoisotopic (exact) mass is 264 g/mol. The number of aromatic nitrogens is 1. The van der Waals surface area contributed by atoms with Crippen molar-refractivity contribution in [2.45, 2.75) is 6.42 Å². The maximum absolute atomic E-state index is 5.31. The summed E-state index contributed by atoms with van der Waals surface area (Å²) in [5.41, 5.74) is 3.47. The molecule has 0 saturated heterocycles. The Morgan fingerprint density at radius 1 is 1.00 bits per heavy atom. The minimum Gasteiger partial charge on any atom is -0.444 e. The van der Waals surface area contributed by atoms with E-state index < -0.39 is 0 Å². The van der Waals surface area contributed by atoms with Gasteiger partial charge >= 0.3 is 0 Å². The van der Waals surface area contributed by atoms with Gasteiger partial charge in [0.05, 0.1) is 6.20 Å². The Bertz CT molecular complexity index is 648. The fraction of sp³-hybridized carbons (Fsp3) is 0.118. The maximum atomic E-state index is 5.31. The van der Waals surface area contributed by atoms with Crippen LogP contribution in [0.25, 0.3) is 11.3 Å². The second-order valence-corrected chi connectivity index (χ2v) is 4.61. The van der Waals surface area contributed by atoms with E-state index >= 15 is 0 Å². The average Bonchev–Trinajstić information content (AvgIpc) is 3.03. The summed E-state index contributed by atoms with van der Waals surface area (Å²) in [5, 5.41) is 3.43. The van der Waals surface area contributed by atoms with Gasteiger partial charge in [-0.15, -0.1) is 0 Å². The van der Waals surface area contributed by atoms with E-state index in [-0.39, 0.29) is 0 Å². The molecule has 1 heterocycles. The van der Waals surface area contributed by atoms with Gasteiger partial charge in [-0.3, -0.25) is 0 Å². The molecule has 20 heavy (non-hydrogen) atoms. The first-order valence-corrected chi connectivity index (χ1v) is 6.68. The number of benzene rings is 2. The zero-order valence-electron chi connectivity index (χ0n) is 11.1. The summed E-state index contributed by atoms with van der Waals surface area (Å²) in [6.45, 7) is 0.907. The Morgan fingerprint density at radius 3 is 2.70 bits per heavy atom. The third-order valence-electron chi connectivity index (χ3n) is 3.17. The van der Waals surface area contributed by atoms with Crippen LogP contribution in [0.15, 0.2) is 71.6 Å². The zero-order chi connectivity index (χ0) is 13.6. The second kappa shape index (κ2) is 6.06. The lowest BCUT2D eigenvalue weighted by Crippen LogP contribution is -2.04. The maximum Gasteiger partial charge on any atom is 0.181 e. The Morgan fingerprint density at radius 2 is 1.90 bits per heavy atom. The molecule has 0 radical (unpaired) electrons. The van der Waals surface area contributed by atoms with E-state index in [4.69, 9.17) is 4.42 Å². The molecule has 0 atom stereocenters. The molecule has 1 aromatic heterocycles. The third-order valence-corrected chi connectivity index (χ3v) is 3.17. The molecule has 100 valence electrons. The molecule has 3 rings (SSSR count). The molecule has 0 bridgehead atoms. The molecule has 0 aliphatic carbocycles. The molecule has 0 unspecified atom stereocenters. The van der Waals surface area contributed by atoms with Crippen LogP contribution in [0.2, 0.25) is 0 Å². The molecule has 3 nitrogen and oxygen atoms in total. The summed E-state index contributed by atoms with van der Waals surface area (Å²) in [4.78, 5) is 3.94. The molecule has 3 heteroatoms. The number of nitrogens with zero attached hydrogens (tertiary/aromatic N) is 1. The van der Waals surface area contributed by atoms with Crippen molar-refractivity contribution in [1.29, 1.82) is 0 Å². The number of hydrogen-bond acceptors (Lipinski definition) is 3. The van der Waals surface area contributed by atoms with E-state index in [9.17, 15) is 0 Å². The number of oxazole rings is 1. The van der Waals surface area contributed by atoms with Gasteiger partial charge in [-0.25, -0.2) is 4.98 Å². The molecule has 0 saturated carbocycles. The summed E-state index contributed by atoms with van der Waals surface area (Å²) < 4.78 is 5.31. The van der Waals surface area contributed by atoms with E-state index in [2.05, 4.69) is 46.7 Å². The Labute approximate surface area is 118 Å². The van der Waals surface area contributed by atoms with Crippen LogP contribution in [0.1, 0.15) is 5.56 Å². The predicted octanol–water partition coefficient (Wildman–Crippen LogP) is 4.00. The lowest BCUT2D eigenvalue weighted by atomic mass is 10.1. The van der Waals surface area contributed by atoms with Crippen molar-refractivity contribution >= 4 is 5.69 Å². The van der Waals surface area contributed by atoms with Crippen LogP contribution in [-0.4, -0.2) is 11.5 Å². The Balaban J connectivity index is 1.62. The molecule has 2 aromatic carbocycles. The van der Waals surface area contributed by atoms with Crippen LogP contribution in [-0.2, 0) is 6.42 Å². The van der Waals surface area contributed by atoms with E-state index in [0.29, 0.717) is 0 Å². The van der Waals surface area contributed by atoms with Crippen molar-refractivity contribution in [3.8, 4) is 11.3 Å². The fourth-order valence-electron chi connectivity index (χ4n) is 2.14. The normalized spacial score (nSPS) is 10.4. The van der Waals surface area contributed by atoms with Crippen molar-refractivity contribution in [3.05, 3.63) is 72.8 Å². The first-order valence-electron chi connectivity index (χ1n) is 6.68. The standard InChI is InChI=1S/C17H16N2O/c1-2-5-14(6-3-1)9-10-19-16-8-4-7-15(11-16)17-12-18-13-20-17/h1-8,11-13,19H,9-10H2. The van der Waals surface area contributed by atoms with Gasteiger partial charge in [-0.05, 0) is 24.1 Å². The lowest BCUT2D eigenvalue weighted by molar-refractivity contribution is 0.572. The van der Waals surface area contributed by atoms with Crippen LogP contribution >= 0.6 is 0 Å². The molecule has 0 fully saturated rings. The van der Waals surface area contributed by atoms with Crippen molar-refractivity contribution in [1.82, 2.24) is 4.98 Å². The first kappa shape index (κ1) is 12.5. The predicted molar refractivity (Wildman–Crippen MR) is 80.6 cm³/mol. The lowest BCUT2D eigenvalue weighted by Gasteiger charge is -2.07. The SMILES string of the molecule is c1ccc(CCNc2cccc(-c3cnco3)c2)cc1. The topological polar surface area (TPSA) is 38.1 Å². The molecule has 0 amide bonds. The van der Waals surface area contributed by atoms with Gasteiger partial charge in [0, 0.05) is 17.8 Å². The summed E-state index contributed by atoms with van der Waals surface area (Å²) in [7, 11) is 0. The van der Waals surface area contributed by atoms with Crippen LogP contribution in [0.4, 0.5) is 5.69 Å². The molecule has 0 aliphatic heterocycles. The molecule has 3 aromatic rings. The summed E-state index contributed by atoms with van der Waals surface area (Å²) in [6.07, 6.45) is 4.18. The molecule has 0 spiro atoms. The summed E-state index contributed by atoms with van der Waals surface area (Å²) in [6, 6.07) is 18.6. The molecule has 0 aliphatic rings. The highest BCUT2D eigenvalue weighted by molar-refractivity contribution is 5.63. The quantitative estimate of drug-likeness (QED) is 0.757. The minimum atomic E-state index is 0.789. The van der Waals surface area contributed by atoms with Crippen molar-refractivity contribution in [3.63, 3.8) is 0 Å². The van der Waals surface area contributed by atoms with Gasteiger partial charge in [-0.2, -0.15) is 0 Å². The van der Waals surface area contributed by atoms with E-state index in [1.807, 2.05) is 18.2 Å². The van der Waals surface area contributed by atoms with Crippen LogP contribution < -0.4 is 5.32 Å². The summed E-state index contributed by atoms with van der Waals surface area (Å²) >= 11 is 0. The average molecular weight is 264 g/mol. The van der Waals surface area contributed by atoms with Crippen LogP contribution in [0, 0.1) is 0 Å². The Kier molecular flexibility index (Phi) is 3.78. The largest absolute Gasteiger partial charge is 0.444 e. The zero-order valence-corrected chi connectivity index (χ0v) is 11.1. The van der Waals surface area contributed by atoms with Gasteiger partial charge < -0.3 is 9.73 Å². The number of rotatable bonds is 5. The van der Waals surface area contributed by atoms with E-state index in [1.165, 1.54) is 12.0 Å². The van der Waals surface area contributed by atoms with Gasteiger partial charge in [0.15, 0.2) is 12.2 Å². The minimum absolute atomic E-state index is 0.789. The van der Waals surface area contributed by atoms with Crippen LogP contribution in [0.3, 0.4) is 0 Å². The molecule has 1 N–H and O–H groups in total. The third kappa shape index (κ3) is 3.06. The van der Waals surface area contributed by atoms with E-state index in [1.54, 1.807) is 6.20 Å². The summed E-state index contributed by atoms with van der Waals surface area (Å²) in [5.74, 6) is 0.789. The fourth-order valence-corrected chi connectivity index (χ4v) is 2.14. The highest BCUT2D eigenvalue weighted by Crippen LogP contribution is 2.21. The van der Waals surface area contributed by atoms with Gasteiger partial charge in [-0.1, -0.05) is 42.5 Å². The van der Waals surface area contributed by atoms with Crippen molar-refractivity contribution < 1.29 is 4.42 Å². The Hall–Kier alpha value is -2.55.